The predicted octanol–water partition coefficient (Wildman–Crippen LogP) is 2.68. The number of fused-ring (bicyclic) bond motifs is 1. The van der Waals surface area contributed by atoms with Gasteiger partial charge in [-0.25, -0.2) is 4.79 Å². The van der Waals surface area contributed by atoms with Crippen molar-refractivity contribution in [2.45, 2.75) is 78.2 Å². The van der Waals surface area contributed by atoms with Gasteiger partial charge in [0.15, 0.2) is 11.4 Å². The third-order valence-corrected chi connectivity index (χ3v) is 7.81. The van der Waals surface area contributed by atoms with Crippen LogP contribution in [0.4, 0.5) is 5.69 Å². The maximum absolute atomic E-state index is 12.8. The molecule has 198 valence electrons. The number of aryl methyl sites for hydroxylation is 1. The largest absolute Gasteiger partial charge is 0.505 e. The minimum absolute atomic E-state index is 0.0612. The number of methoxy groups -OCH3 is 1. The second kappa shape index (κ2) is 9.02. The highest BCUT2D eigenvalue weighted by Crippen LogP contribution is 2.60. The Balaban J connectivity index is 1.62. The van der Waals surface area contributed by atoms with Crippen LogP contribution in [-0.4, -0.2) is 58.5 Å². The lowest BCUT2D eigenvalue weighted by atomic mass is 9.89. The Bertz CT molecular complexity index is 1230. The summed E-state index contributed by atoms with van der Waals surface area (Å²) in [4.78, 5) is 25.6. The maximum atomic E-state index is 12.8. The first kappa shape index (κ1) is 26.4. The van der Waals surface area contributed by atoms with E-state index in [2.05, 4.69) is 5.32 Å². The molecule has 0 bridgehead atoms. The zero-order valence-corrected chi connectivity index (χ0v) is 21.6. The summed E-state index contributed by atoms with van der Waals surface area (Å²) in [6.07, 6.45) is -3.84. The molecule has 1 amide bonds. The molecule has 2 unspecified atom stereocenters. The summed E-state index contributed by atoms with van der Waals surface area (Å²) in [5, 5.41) is 34.6. The number of amides is 1. The van der Waals surface area contributed by atoms with E-state index < -0.39 is 41.6 Å². The first-order valence-corrected chi connectivity index (χ1v) is 12.1. The summed E-state index contributed by atoms with van der Waals surface area (Å²) in [7, 11) is 1.42. The Morgan fingerprint density at radius 2 is 1.83 bits per heavy atom. The zero-order chi connectivity index (χ0) is 26.7. The van der Waals surface area contributed by atoms with Gasteiger partial charge in [0.25, 0.3) is 0 Å². The molecule has 2 fully saturated rings. The van der Waals surface area contributed by atoms with E-state index in [1.54, 1.807) is 20.8 Å². The summed E-state index contributed by atoms with van der Waals surface area (Å²) < 4.78 is 22.5. The van der Waals surface area contributed by atoms with E-state index in [1.165, 1.54) is 19.2 Å². The van der Waals surface area contributed by atoms with Crippen LogP contribution in [0.1, 0.15) is 46.6 Å². The van der Waals surface area contributed by atoms with Gasteiger partial charge in [-0.2, -0.15) is 0 Å². The molecule has 1 aliphatic heterocycles. The van der Waals surface area contributed by atoms with Crippen molar-refractivity contribution >= 4 is 22.6 Å². The van der Waals surface area contributed by atoms with Crippen molar-refractivity contribution in [1.29, 1.82) is 0 Å². The molecule has 6 atom stereocenters. The fourth-order valence-electron chi connectivity index (χ4n) is 5.66. The summed E-state index contributed by atoms with van der Waals surface area (Å²) >= 11 is 0. The number of hydrogen-bond acceptors (Lipinski definition) is 9. The first-order valence-electron chi connectivity index (χ1n) is 12.1. The summed E-state index contributed by atoms with van der Waals surface area (Å²) in [5.74, 6) is -0.563. The third-order valence-electron chi connectivity index (χ3n) is 7.81. The topological polar surface area (TPSA) is 148 Å². The molecule has 1 saturated heterocycles. The number of rotatable bonds is 6. The van der Waals surface area contributed by atoms with E-state index >= 15 is 0 Å². The molecule has 1 aliphatic carbocycles. The predicted molar refractivity (Wildman–Crippen MR) is 131 cm³/mol. The van der Waals surface area contributed by atoms with Gasteiger partial charge in [-0.15, -0.1) is 0 Å². The molecule has 10 nitrogen and oxygen atoms in total. The van der Waals surface area contributed by atoms with Crippen LogP contribution in [0.3, 0.4) is 0 Å². The number of aliphatic hydroxyl groups is 2. The van der Waals surface area contributed by atoms with E-state index in [1.807, 2.05) is 20.8 Å². The molecular weight excluding hydrogens is 470 g/mol. The third kappa shape index (κ3) is 4.15. The molecule has 1 aromatic heterocycles. The molecule has 4 rings (SSSR count). The first-order chi connectivity index (χ1) is 16.8. The van der Waals surface area contributed by atoms with Gasteiger partial charge in [0.1, 0.15) is 29.6 Å². The normalized spacial score (nSPS) is 30.7. The van der Waals surface area contributed by atoms with Gasteiger partial charge in [0.2, 0.25) is 12.2 Å². The van der Waals surface area contributed by atoms with Crippen LogP contribution in [0.15, 0.2) is 21.3 Å². The lowest BCUT2D eigenvalue weighted by Gasteiger charge is -2.46. The second-order valence-corrected chi connectivity index (χ2v) is 10.8. The minimum Gasteiger partial charge on any atom is -0.505 e. The second-order valence-electron chi connectivity index (χ2n) is 10.8. The van der Waals surface area contributed by atoms with E-state index in [0.29, 0.717) is 5.56 Å². The molecule has 2 heterocycles. The number of carbonyl (C=O) groups is 1. The van der Waals surface area contributed by atoms with Crippen molar-refractivity contribution in [2.24, 2.45) is 17.3 Å². The number of aliphatic hydroxyl groups excluding tert-OH is 2. The molecule has 2 aliphatic rings. The molecule has 10 heteroatoms. The summed E-state index contributed by atoms with van der Waals surface area (Å²) in [6, 6.07) is 3.01. The van der Waals surface area contributed by atoms with Crippen molar-refractivity contribution in [3.63, 3.8) is 0 Å². The monoisotopic (exact) mass is 505 g/mol. The fraction of sp³-hybridized carbons (Fsp3) is 0.615. The quantitative estimate of drug-likeness (QED) is 0.435. The van der Waals surface area contributed by atoms with Crippen molar-refractivity contribution in [3.05, 3.63) is 28.1 Å². The van der Waals surface area contributed by atoms with Crippen LogP contribution in [-0.2, 0) is 14.3 Å². The van der Waals surface area contributed by atoms with Gasteiger partial charge in [0.05, 0.1) is 11.0 Å². The van der Waals surface area contributed by atoms with Gasteiger partial charge < -0.3 is 39.3 Å². The number of carbonyl (C=O) groups excluding carboxylic acids is 1. The number of benzene rings is 1. The molecule has 1 aromatic carbocycles. The van der Waals surface area contributed by atoms with Crippen molar-refractivity contribution < 1.29 is 38.7 Å². The number of nitrogens with one attached hydrogen (secondary N) is 1. The van der Waals surface area contributed by atoms with E-state index in [0.717, 1.165) is 6.42 Å². The van der Waals surface area contributed by atoms with Crippen molar-refractivity contribution in [2.75, 3.05) is 12.4 Å². The number of hydrogen-bond donors (Lipinski definition) is 4. The Morgan fingerprint density at radius 3 is 2.42 bits per heavy atom. The minimum atomic E-state index is -1.41. The highest BCUT2D eigenvalue weighted by molar-refractivity contribution is 6.00. The van der Waals surface area contributed by atoms with Gasteiger partial charge >= 0.3 is 5.63 Å². The average Bonchev–Trinajstić information content (AvgIpc) is 3.37. The Labute approximate surface area is 209 Å². The molecule has 36 heavy (non-hydrogen) atoms. The van der Waals surface area contributed by atoms with Crippen LogP contribution in [0.25, 0.3) is 11.0 Å². The van der Waals surface area contributed by atoms with Crippen LogP contribution in [0.2, 0.25) is 0 Å². The van der Waals surface area contributed by atoms with Crippen LogP contribution in [0.5, 0.6) is 11.5 Å². The highest BCUT2D eigenvalue weighted by Gasteiger charge is 2.60. The van der Waals surface area contributed by atoms with Crippen molar-refractivity contribution in [3.8, 4) is 11.5 Å². The van der Waals surface area contributed by atoms with Crippen LogP contribution >= 0.6 is 0 Å². The SMILES string of the molecule is CCC1C(C(=O)Nc2c(O)c3ccc(O[C@@H]4OC(C)(C)[C@H](OC)[C@H](O)[C@H]4O)c(C)c3oc2=O)C1(C)C. The van der Waals surface area contributed by atoms with E-state index in [4.69, 9.17) is 18.6 Å². The van der Waals surface area contributed by atoms with Crippen LogP contribution in [0, 0.1) is 24.2 Å². The van der Waals surface area contributed by atoms with Crippen LogP contribution < -0.4 is 15.7 Å². The standard InChI is InChI=1S/C26H35NO9/c1-8-13-15(25(13,3)4)22(31)27-16-17(28)12-9-10-14(11(2)20(12)35-23(16)32)34-24-19(30)18(29)21(33-7)26(5,6)36-24/h9-10,13,15,18-19,21,24,28-30H,8H2,1-7H3,(H,27,31)/t13?,15?,18-,19-,21-,24-/m1/s1. The Kier molecular flexibility index (Phi) is 6.62. The average molecular weight is 506 g/mol. The number of ether oxygens (including phenoxy) is 3. The van der Waals surface area contributed by atoms with Gasteiger partial charge in [-0.05, 0) is 44.2 Å². The zero-order valence-electron chi connectivity index (χ0n) is 21.6. The lowest BCUT2D eigenvalue weighted by molar-refractivity contribution is -0.306. The molecule has 0 radical (unpaired) electrons. The Hall–Kier alpha value is -2.66. The molecule has 2 aromatic rings. The van der Waals surface area contributed by atoms with E-state index in [9.17, 15) is 24.9 Å². The fourth-order valence-corrected chi connectivity index (χ4v) is 5.66. The van der Waals surface area contributed by atoms with E-state index in [-0.39, 0.29) is 45.6 Å². The summed E-state index contributed by atoms with van der Waals surface area (Å²) in [6.45, 7) is 11.0. The number of anilines is 1. The van der Waals surface area contributed by atoms with Gasteiger partial charge in [-0.1, -0.05) is 27.2 Å². The summed E-state index contributed by atoms with van der Waals surface area (Å²) in [5.41, 5.74) is -1.91. The van der Waals surface area contributed by atoms with Gasteiger partial charge in [-0.3, -0.25) is 4.79 Å². The molecular formula is C26H35NO9. The molecule has 1 saturated carbocycles. The lowest BCUT2D eigenvalue weighted by Crippen LogP contribution is -2.63. The van der Waals surface area contributed by atoms with Gasteiger partial charge in [0, 0.05) is 18.6 Å². The van der Waals surface area contributed by atoms with Crippen molar-refractivity contribution in [1.82, 2.24) is 0 Å². The smallest absolute Gasteiger partial charge is 0.364 e. The highest BCUT2D eigenvalue weighted by atomic mass is 16.7. The Morgan fingerprint density at radius 1 is 1.17 bits per heavy atom. The molecule has 0 spiro atoms. The maximum Gasteiger partial charge on any atom is 0.364 e. The molecule has 4 N–H and O–H groups in total. The number of aromatic hydroxyl groups is 1.